The monoisotopic (exact) mass is 307 g/mol. The topological polar surface area (TPSA) is 43.8 Å². The van der Waals surface area contributed by atoms with Gasteiger partial charge in [0.15, 0.2) is 0 Å². The molecule has 0 radical (unpaired) electrons. The first-order valence-electron chi connectivity index (χ1n) is 8.74. The van der Waals surface area contributed by atoms with Crippen molar-refractivity contribution in [1.29, 1.82) is 0 Å². The van der Waals surface area contributed by atoms with Gasteiger partial charge in [0.1, 0.15) is 11.6 Å². The molecule has 0 aromatic carbocycles. The highest BCUT2D eigenvalue weighted by Gasteiger charge is 2.28. The van der Waals surface area contributed by atoms with E-state index in [9.17, 15) is 0 Å². The fourth-order valence-corrected chi connectivity index (χ4v) is 5.00. The second kappa shape index (κ2) is 7.08. The summed E-state index contributed by atoms with van der Waals surface area (Å²) >= 11 is 2.05. The Hall–Kier alpha value is -0.640. The Bertz CT molecular complexity index is 457. The lowest BCUT2D eigenvalue weighted by atomic mass is 9.88. The molecule has 3 nitrogen and oxygen atoms in total. The highest BCUT2D eigenvalue weighted by atomic mass is 32.2. The minimum absolute atomic E-state index is 0.597. The fraction of sp³-hybridized carbons (Fsp3) is 0.824. The Balaban J connectivity index is 1.89. The van der Waals surface area contributed by atoms with E-state index in [4.69, 9.17) is 10.7 Å². The van der Waals surface area contributed by atoms with Crippen LogP contribution in [0.2, 0.25) is 0 Å². The van der Waals surface area contributed by atoms with Gasteiger partial charge in [0.05, 0.1) is 5.69 Å². The third kappa shape index (κ3) is 3.25. The van der Waals surface area contributed by atoms with Crippen LogP contribution in [0.3, 0.4) is 0 Å². The number of rotatable bonds is 5. The second-order valence-electron chi connectivity index (χ2n) is 6.64. The molecule has 3 rings (SSSR count). The number of anilines is 1. The molecule has 1 saturated heterocycles. The summed E-state index contributed by atoms with van der Waals surface area (Å²) in [6.45, 7) is 3.31. The molecular weight excluding hydrogens is 278 g/mol. The van der Waals surface area contributed by atoms with Gasteiger partial charge in [-0.2, -0.15) is 11.8 Å². The van der Waals surface area contributed by atoms with Crippen molar-refractivity contribution in [1.82, 2.24) is 9.55 Å². The predicted molar refractivity (Wildman–Crippen MR) is 92.1 cm³/mol. The van der Waals surface area contributed by atoms with Crippen LogP contribution in [0.4, 0.5) is 5.82 Å². The van der Waals surface area contributed by atoms with Crippen molar-refractivity contribution >= 4 is 17.6 Å². The van der Waals surface area contributed by atoms with Crippen LogP contribution in [0.25, 0.3) is 0 Å². The largest absolute Gasteiger partial charge is 0.384 e. The van der Waals surface area contributed by atoms with Crippen molar-refractivity contribution in [3.63, 3.8) is 0 Å². The maximum Gasteiger partial charge on any atom is 0.127 e. The molecule has 2 fully saturated rings. The average Bonchev–Trinajstić information content (AvgIpc) is 3.14. The third-order valence-electron chi connectivity index (χ3n) is 5.09. The van der Waals surface area contributed by atoms with Crippen LogP contribution in [0.5, 0.6) is 0 Å². The number of nitrogen functional groups attached to an aromatic ring is 1. The number of nitrogens with zero attached hydrogens (tertiary/aromatic N) is 2. The van der Waals surface area contributed by atoms with Gasteiger partial charge in [-0.3, -0.25) is 0 Å². The normalized spacial score (nSPS) is 23.8. The predicted octanol–water partition coefficient (Wildman–Crippen LogP) is 4.53. The summed E-state index contributed by atoms with van der Waals surface area (Å²) in [6, 6.07) is 0. The van der Waals surface area contributed by atoms with Gasteiger partial charge in [0.2, 0.25) is 0 Å². The maximum absolute atomic E-state index is 6.52. The number of nitrogens with two attached hydrogens (primary N) is 1. The molecule has 1 aromatic heterocycles. The summed E-state index contributed by atoms with van der Waals surface area (Å²) in [5.41, 5.74) is 7.74. The van der Waals surface area contributed by atoms with Crippen molar-refractivity contribution in [3.8, 4) is 0 Å². The lowest BCUT2D eigenvalue weighted by Crippen LogP contribution is -2.14. The summed E-state index contributed by atoms with van der Waals surface area (Å²) < 4.78 is 2.37. The molecule has 4 heteroatoms. The van der Waals surface area contributed by atoms with Crippen LogP contribution in [-0.4, -0.2) is 21.1 Å². The smallest absolute Gasteiger partial charge is 0.127 e. The molecule has 0 bridgehead atoms. The van der Waals surface area contributed by atoms with Crippen molar-refractivity contribution < 1.29 is 0 Å². The van der Waals surface area contributed by atoms with Gasteiger partial charge in [-0.05, 0) is 31.4 Å². The van der Waals surface area contributed by atoms with Gasteiger partial charge in [-0.1, -0.05) is 32.6 Å². The van der Waals surface area contributed by atoms with Gasteiger partial charge < -0.3 is 10.3 Å². The number of hydrogen-bond donors (Lipinski definition) is 1. The Labute approximate surface area is 133 Å². The van der Waals surface area contributed by atoms with Crippen molar-refractivity contribution in [2.45, 2.75) is 76.7 Å². The highest BCUT2D eigenvalue weighted by Crippen LogP contribution is 2.39. The van der Waals surface area contributed by atoms with Crippen LogP contribution in [0.1, 0.15) is 81.6 Å². The highest BCUT2D eigenvalue weighted by molar-refractivity contribution is 7.99. The van der Waals surface area contributed by atoms with Crippen LogP contribution < -0.4 is 5.73 Å². The number of thioether (sulfide) groups is 1. The molecule has 1 aromatic rings. The van der Waals surface area contributed by atoms with Gasteiger partial charge in [0.25, 0.3) is 0 Å². The minimum Gasteiger partial charge on any atom is -0.384 e. The molecule has 2 N–H and O–H groups in total. The molecule has 2 heterocycles. The molecule has 118 valence electrons. The maximum atomic E-state index is 6.52. The van der Waals surface area contributed by atoms with Crippen LogP contribution >= 0.6 is 11.8 Å². The number of unbranched alkanes of at least 4 members (excludes halogenated alkanes) is 1. The fourth-order valence-electron chi connectivity index (χ4n) is 3.78. The zero-order chi connectivity index (χ0) is 14.7. The molecule has 1 unspecified atom stereocenters. The summed E-state index contributed by atoms with van der Waals surface area (Å²) in [5, 5.41) is 0. The lowest BCUT2D eigenvalue weighted by Gasteiger charge is -2.22. The van der Waals surface area contributed by atoms with E-state index in [0.717, 1.165) is 12.4 Å². The van der Waals surface area contributed by atoms with Gasteiger partial charge >= 0.3 is 0 Å². The molecule has 1 saturated carbocycles. The zero-order valence-electron chi connectivity index (χ0n) is 13.3. The molecule has 1 aliphatic heterocycles. The SMILES string of the molecule is CCCCn1c(C2CCCCC2)nc(C2CCSC2)c1N. The first kappa shape index (κ1) is 15.3. The molecule has 1 atom stereocenters. The Morgan fingerprint density at radius 2 is 2.00 bits per heavy atom. The van der Waals surface area contributed by atoms with E-state index in [1.165, 1.54) is 74.4 Å². The summed E-state index contributed by atoms with van der Waals surface area (Å²) in [4.78, 5) is 5.09. The van der Waals surface area contributed by atoms with Gasteiger partial charge in [0, 0.05) is 24.1 Å². The van der Waals surface area contributed by atoms with Crippen LogP contribution in [0.15, 0.2) is 0 Å². The quantitative estimate of drug-likeness (QED) is 0.869. The van der Waals surface area contributed by atoms with E-state index in [1.54, 1.807) is 0 Å². The third-order valence-corrected chi connectivity index (χ3v) is 6.25. The van der Waals surface area contributed by atoms with Crippen LogP contribution in [-0.2, 0) is 6.54 Å². The summed E-state index contributed by atoms with van der Waals surface area (Å²) in [5.74, 6) is 6.02. The second-order valence-corrected chi connectivity index (χ2v) is 7.79. The first-order chi connectivity index (χ1) is 10.3. The van der Waals surface area contributed by atoms with E-state index in [0.29, 0.717) is 11.8 Å². The Morgan fingerprint density at radius 1 is 1.19 bits per heavy atom. The number of imidazole rings is 1. The van der Waals surface area contributed by atoms with Gasteiger partial charge in [-0.25, -0.2) is 4.98 Å². The van der Waals surface area contributed by atoms with E-state index in [1.807, 2.05) is 11.8 Å². The molecule has 21 heavy (non-hydrogen) atoms. The first-order valence-corrected chi connectivity index (χ1v) is 9.90. The van der Waals surface area contributed by atoms with E-state index >= 15 is 0 Å². The Morgan fingerprint density at radius 3 is 2.67 bits per heavy atom. The van der Waals surface area contributed by atoms with Gasteiger partial charge in [-0.15, -0.1) is 0 Å². The number of aromatic nitrogens is 2. The zero-order valence-corrected chi connectivity index (χ0v) is 14.1. The Kier molecular flexibility index (Phi) is 5.15. The molecule has 0 spiro atoms. The van der Waals surface area contributed by atoms with Crippen molar-refractivity contribution in [2.24, 2.45) is 0 Å². The average molecular weight is 308 g/mol. The summed E-state index contributed by atoms with van der Waals surface area (Å²) in [7, 11) is 0. The molecular formula is C17H29N3S. The standard InChI is InChI=1S/C17H29N3S/c1-2-3-10-20-16(18)15(14-9-11-21-12-14)19-17(20)13-7-5-4-6-8-13/h13-14H,2-12,18H2,1H3. The molecule has 0 amide bonds. The van der Waals surface area contributed by atoms with Crippen molar-refractivity contribution in [3.05, 3.63) is 11.5 Å². The minimum atomic E-state index is 0.597. The van der Waals surface area contributed by atoms with Crippen molar-refractivity contribution in [2.75, 3.05) is 17.2 Å². The summed E-state index contributed by atoms with van der Waals surface area (Å²) in [6.07, 6.45) is 10.4. The lowest BCUT2D eigenvalue weighted by molar-refractivity contribution is 0.413. The van der Waals surface area contributed by atoms with E-state index < -0.39 is 0 Å². The molecule has 1 aliphatic carbocycles. The number of hydrogen-bond acceptors (Lipinski definition) is 3. The molecule has 2 aliphatic rings. The van der Waals surface area contributed by atoms with E-state index in [-0.39, 0.29) is 0 Å². The van der Waals surface area contributed by atoms with Crippen LogP contribution in [0, 0.1) is 0 Å². The van der Waals surface area contributed by atoms with E-state index in [2.05, 4.69) is 11.5 Å².